The predicted octanol–water partition coefficient (Wildman–Crippen LogP) is 4.49. The number of hydrogen-bond donors (Lipinski definition) is 0. The SMILES string of the molecule is CC(C)CN(C(=O)c1cccc(Br)c1)C1CCCC1. The first-order chi connectivity index (χ1) is 9.08. The van der Waals surface area contributed by atoms with Gasteiger partial charge in [-0.2, -0.15) is 0 Å². The topological polar surface area (TPSA) is 20.3 Å². The molecule has 3 heteroatoms. The monoisotopic (exact) mass is 323 g/mol. The fraction of sp³-hybridized carbons (Fsp3) is 0.562. The molecule has 2 rings (SSSR count). The van der Waals surface area contributed by atoms with Gasteiger partial charge in [-0.3, -0.25) is 4.79 Å². The third kappa shape index (κ3) is 3.82. The van der Waals surface area contributed by atoms with Crippen LogP contribution in [0, 0.1) is 5.92 Å². The maximum absolute atomic E-state index is 12.7. The number of carbonyl (C=O) groups excluding carboxylic acids is 1. The van der Waals surface area contributed by atoms with Crippen LogP contribution in [0.1, 0.15) is 49.9 Å². The first-order valence-electron chi connectivity index (χ1n) is 7.14. The number of nitrogens with zero attached hydrogens (tertiary/aromatic N) is 1. The lowest BCUT2D eigenvalue weighted by atomic mass is 10.1. The highest BCUT2D eigenvalue weighted by Crippen LogP contribution is 2.26. The van der Waals surface area contributed by atoms with E-state index in [1.165, 1.54) is 12.8 Å². The highest BCUT2D eigenvalue weighted by atomic mass is 79.9. The molecule has 104 valence electrons. The number of hydrogen-bond acceptors (Lipinski definition) is 1. The summed E-state index contributed by atoms with van der Waals surface area (Å²) in [6.07, 6.45) is 4.83. The minimum absolute atomic E-state index is 0.182. The quantitative estimate of drug-likeness (QED) is 0.799. The summed E-state index contributed by atoms with van der Waals surface area (Å²) < 4.78 is 0.967. The summed E-state index contributed by atoms with van der Waals surface area (Å²) in [4.78, 5) is 14.8. The molecule has 1 aromatic rings. The molecular weight excluding hydrogens is 302 g/mol. The average molecular weight is 324 g/mol. The van der Waals surface area contributed by atoms with Crippen LogP contribution in [-0.4, -0.2) is 23.4 Å². The van der Waals surface area contributed by atoms with E-state index in [0.717, 1.165) is 29.4 Å². The van der Waals surface area contributed by atoms with Gasteiger partial charge in [0.05, 0.1) is 0 Å². The van der Waals surface area contributed by atoms with Gasteiger partial charge in [-0.15, -0.1) is 0 Å². The van der Waals surface area contributed by atoms with Gasteiger partial charge in [0.2, 0.25) is 0 Å². The zero-order valence-electron chi connectivity index (χ0n) is 11.7. The van der Waals surface area contributed by atoms with E-state index in [1.54, 1.807) is 0 Å². The van der Waals surface area contributed by atoms with Gasteiger partial charge < -0.3 is 4.90 Å². The van der Waals surface area contributed by atoms with Gasteiger partial charge in [-0.25, -0.2) is 0 Å². The van der Waals surface area contributed by atoms with Crippen molar-refractivity contribution in [1.82, 2.24) is 4.90 Å². The van der Waals surface area contributed by atoms with Gasteiger partial charge in [0, 0.05) is 22.6 Å². The summed E-state index contributed by atoms with van der Waals surface area (Å²) >= 11 is 3.44. The molecule has 0 aromatic heterocycles. The van der Waals surface area contributed by atoms with E-state index in [0.29, 0.717) is 12.0 Å². The highest BCUT2D eigenvalue weighted by Gasteiger charge is 2.27. The van der Waals surface area contributed by atoms with Gasteiger partial charge in [0.25, 0.3) is 5.91 Å². The van der Waals surface area contributed by atoms with E-state index in [-0.39, 0.29) is 5.91 Å². The van der Waals surface area contributed by atoms with Crippen LogP contribution < -0.4 is 0 Å². The Hall–Kier alpha value is -0.830. The summed E-state index contributed by atoms with van der Waals surface area (Å²) in [5.74, 6) is 0.693. The Morgan fingerprint density at radius 1 is 1.37 bits per heavy atom. The van der Waals surface area contributed by atoms with Gasteiger partial charge in [0.1, 0.15) is 0 Å². The third-order valence-electron chi connectivity index (χ3n) is 3.66. The molecule has 0 spiro atoms. The van der Waals surface area contributed by atoms with Crippen molar-refractivity contribution in [2.24, 2.45) is 5.92 Å². The van der Waals surface area contributed by atoms with Crippen molar-refractivity contribution >= 4 is 21.8 Å². The maximum atomic E-state index is 12.7. The normalized spacial score (nSPS) is 16.0. The van der Waals surface area contributed by atoms with E-state index in [2.05, 4.69) is 34.7 Å². The maximum Gasteiger partial charge on any atom is 0.254 e. The summed E-state index contributed by atoms with van der Waals surface area (Å²) in [6, 6.07) is 8.16. The lowest BCUT2D eigenvalue weighted by Gasteiger charge is -2.30. The lowest BCUT2D eigenvalue weighted by molar-refractivity contribution is 0.0655. The molecule has 1 saturated carbocycles. The van der Waals surface area contributed by atoms with Gasteiger partial charge in [-0.1, -0.05) is 48.7 Å². The molecule has 0 bridgehead atoms. The molecule has 1 aliphatic rings. The van der Waals surface area contributed by atoms with Gasteiger partial charge in [0.15, 0.2) is 0 Å². The van der Waals surface area contributed by atoms with Gasteiger partial charge >= 0.3 is 0 Å². The van der Waals surface area contributed by atoms with Crippen LogP contribution in [0.4, 0.5) is 0 Å². The molecule has 1 aliphatic carbocycles. The summed E-state index contributed by atoms with van der Waals surface area (Å²) in [6.45, 7) is 5.21. The summed E-state index contributed by atoms with van der Waals surface area (Å²) in [5, 5.41) is 0. The van der Waals surface area contributed by atoms with Crippen LogP contribution in [0.15, 0.2) is 28.7 Å². The van der Waals surface area contributed by atoms with Crippen LogP contribution in [0.2, 0.25) is 0 Å². The van der Waals surface area contributed by atoms with E-state index >= 15 is 0 Å². The van der Waals surface area contributed by atoms with Crippen LogP contribution in [0.3, 0.4) is 0 Å². The minimum Gasteiger partial charge on any atom is -0.335 e. The van der Waals surface area contributed by atoms with E-state index in [1.807, 2.05) is 24.3 Å². The van der Waals surface area contributed by atoms with Crippen LogP contribution in [-0.2, 0) is 0 Å². The van der Waals surface area contributed by atoms with Crippen molar-refractivity contribution in [3.8, 4) is 0 Å². The van der Waals surface area contributed by atoms with Crippen molar-refractivity contribution in [2.75, 3.05) is 6.54 Å². The molecule has 0 unspecified atom stereocenters. The van der Waals surface area contributed by atoms with E-state index in [9.17, 15) is 4.79 Å². The third-order valence-corrected chi connectivity index (χ3v) is 4.15. The zero-order valence-corrected chi connectivity index (χ0v) is 13.3. The Bertz CT molecular complexity index is 438. The van der Waals surface area contributed by atoms with E-state index < -0.39 is 0 Å². The molecule has 0 atom stereocenters. The molecule has 2 nitrogen and oxygen atoms in total. The van der Waals surface area contributed by atoms with Crippen LogP contribution in [0.25, 0.3) is 0 Å². The number of carbonyl (C=O) groups is 1. The molecule has 1 fully saturated rings. The molecule has 0 radical (unpaired) electrons. The number of amides is 1. The molecule has 19 heavy (non-hydrogen) atoms. The standard InChI is InChI=1S/C16H22BrNO/c1-12(2)11-18(15-8-3-4-9-15)16(19)13-6-5-7-14(17)10-13/h5-7,10,12,15H,3-4,8-9,11H2,1-2H3. The summed E-state index contributed by atoms with van der Waals surface area (Å²) in [5.41, 5.74) is 0.793. The van der Waals surface area contributed by atoms with Crippen molar-refractivity contribution in [3.63, 3.8) is 0 Å². The van der Waals surface area contributed by atoms with Gasteiger partial charge in [-0.05, 0) is 37.0 Å². The second-order valence-electron chi connectivity index (χ2n) is 5.80. The second-order valence-corrected chi connectivity index (χ2v) is 6.72. The first kappa shape index (κ1) is 14.6. The van der Waals surface area contributed by atoms with Crippen LogP contribution >= 0.6 is 15.9 Å². The molecule has 0 saturated heterocycles. The average Bonchev–Trinajstić information content (AvgIpc) is 2.88. The second kappa shape index (κ2) is 6.56. The Morgan fingerprint density at radius 3 is 2.63 bits per heavy atom. The van der Waals surface area contributed by atoms with Crippen molar-refractivity contribution < 1.29 is 4.79 Å². The Labute approximate surface area is 124 Å². The number of rotatable bonds is 4. The molecule has 1 aromatic carbocycles. The number of halogens is 1. The summed E-state index contributed by atoms with van der Waals surface area (Å²) in [7, 11) is 0. The highest BCUT2D eigenvalue weighted by molar-refractivity contribution is 9.10. The smallest absolute Gasteiger partial charge is 0.254 e. The van der Waals surface area contributed by atoms with Crippen molar-refractivity contribution in [1.29, 1.82) is 0 Å². The first-order valence-corrected chi connectivity index (χ1v) is 7.93. The molecule has 1 amide bonds. The minimum atomic E-state index is 0.182. The Balaban J connectivity index is 2.19. The zero-order chi connectivity index (χ0) is 13.8. The molecule has 0 N–H and O–H groups in total. The van der Waals surface area contributed by atoms with E-state index in [4.69, 9.17) is 0 Å². The fourth-order valence-corrected chi connectivity index (χ4v) is 3.19. The van der Waals surface area contributed by atoms with Crippen molar-refractivity contribution in [3.05, 3.63) is 34.3 Å². The molecule has 0 heterocycles. The fourth-order valence-electron chi connectivity index (χ4n) is 2.79. The lowest BCUT2D eigenvalue weighted by Crippen LogP contribution is -2.41. The Morgan fingerprint density at radius 2 is 2.05 bits per heavy atom. The largest absolute Gasteiger partial charge is 0.335 e. The van der Waals surface area contributed by atoms with Crippen molar-refractivity contribution in [2.45, 2.75) is 45.6 Å². The predicted molar refractivity (Wildman–Crippen MR) is 82.3 cm³/mol. The Kier molecular flexibility index (Phi) is 5.03. The van der Waals surface area contributed by atoms with Crippen LogP contribution in [0.5, 0.6) is 0 Å². The number of benzene rings is 1. The molecule has 0 aliphatic heterocycles. The molecular formula is C16H22BrNO.